The lowest BCUT2D eigenvalue weighted by atomic mass is 10.1. The number of aryl methyl sites for hydroxylation is 1. The van der Waals surface area contributed by atoms with Gasteiger partial charge in [0.2, 0.25) is 0 Å². The predicted octanol–water partition coefficient (Wildman–Crippen LogP) is 4.62. The first-order valence-corrected chi connectivity index (χ1v) is 8.38. The van der Waals surface area contributed by atoms with E-state index in [2.05, 4.69) is 10.5 Å². The number of benzene rings is 2. The Morgan fingerprint density at radius 3 is 2.43 bits per heavy atom. The van der Waals surface area contributed by atoms with Gasteiger partial charge in [-0.15, -0.1) is 11.8 Å². The minimum atomic E-state index is -0.223. The van der Waals surface area contributed by atoms with Crippen LogP contribution in [0.2, 0.25) is 0 Å². The second kappa shape index (κ2) is 6.71. The molecule has 0 bridgehead atoms. The Balaban J connectivity index is 1.89. The number of anilines is 1. The summed E-state index contributed by atoms with van der Waals surface area (Å²) in [6.07, 6.45) is 2.01. The van der Waals surface area contributed by atoms with Crippen LogP contribution < -0.4 is 5.32 Å². The van der Waals surface area contributed by atoms with Crippen molar-refractivity contribution in [3.05, 3.63) is 65.9 Å². The number of rotatable bonds is 4. The van der Waals surface area contributed by atoms with Crippen molar-refractivity contribution >= 4 is 23.4 Å². The van der Waals surface area contributed by atoms with Crippen LogP contribution >= 0.6 is 11.8 Å². The molecule has 0 radical (unpaired) electrons. The normalized spacial score (nSPS) is 10.5. The first-order chi connectivity index (χ1) is 11.2. The highest BCUT2D eigenvalue weighted by Crippen LogP contribution is 2.26. The van der Waals surface area contributed by atoms with Crippen LogP contribution in [0.1, 0.15) is 16.1 Å². The molecule has 0 atom stereocenters. The van der Waals surface area contributed by atoms with E-state index in [1.54, 1.807) is 18.7 Å². The van der Waals surface area contributed by atoms with Crippen molar-refractivity contribution < 1.29 is 9.32 Å². The molecule has 23 heavy (non-hydrogen) atoms. The van der Waals surface area contributed by atoms with Gasteiger partial charge in [0.1, 0.15) is 17.0 Å². The van der Waals surface area contributed by atoms with Gasteiger partial charge in [0.15, 0.2) is 0 Å². The SMILES string of the molecule is CSc1ccc(NC(=O)c2c(-c3ccccc3)noc2C)cc1. The molecule has 0 fully saturated rings. The molecule has 2 aromatic carbocycles. The lowest BCUT2D eigenvalue weighted by Crippen LogP contribution is -2.13. The average Bonchev–Trinajstić information content (AvgIpc) is 2.98. The third kappa shape index (κ3) is 3.29. The number of aromatic nitrogens is 1. The van der Waals surface area contributed by atoms with Gasteiger partial charge in [-0.25, -0.2) is 0 Å². The second-order valence-electron chi connectivity index (χ2n) is 5.01. The van der Waals surface area contributed by atoms with Gasteiger partial charge in [-0.3, -0.25) is 4.79 Å². The second-order valence-corrected chi connectivity index (χ2v) is 5.89. The van der Waals surface area contributed by atoms with Crippen LogP contribution in [0.25, 0.3) is 11.3 Å². The molecule has 0 saturated heterocycles. The predicted molar refractivity (Wildman–Crippen MR) is 92.9 cm³/mol. The van der Waals surface area contributed by atoms with Crippen molar-refractivity contribution in [2.75, 3.05) is 11.6 Å². The van der Waals surface area contributed by atoms with Gasteiger partial charge < -0.3 is 9.84 Å². The first-order valence-electron chi connectivity index (χ1n) is 7.16. The van der Waals surface area contributed by atoms with E-state index in [-0.39, 0.29) is 5.91 Å². The third-order valence-corrected chi connectivity index (χ3v) is 4.23. The molecule has 3 rings (SSSR count). The summed E-state index contributed by atoms with van der Waals surface area (Å²) in [5, 5.41) is 6.94. The van der Waals surface area contributed by atoms with Gasteiger partial charge in [0.25, 0.3) is 5.91 Å². The van der Waals surface area contributed by atoms with E-state index in [1.165, 1.54) is 0 Å². The number of hydrogen-bond acceptors (Lipinski definition) is 4. The molecular weight excluding hydrogens is 308 g/mol. The maximum absolute atomic E-state index is 12.6. The summed E-state index contributed by atoms with van der Waals surface area (Å²) in [4.78, 5) is 13.8. The minimum Gasteiger partial charge on any atom is -0.360 e. The molecule has 5 heteroatoms. The number of carbonyl (C=O) groups excluding carboxylic acids is 1. The maximum atomic E-state index is 12.6. The van der Waals surface area contributed by atoms with Crippen molar-refractivity contribution in [1.82, 2.24) is 5.16 Å². The highest BCUT2D eigenvalue weighted by Gasteiger charge is 2.21. The zero-order chi connectivity index (χ0) is 16.2. The Labute approximate surface area is 138 Å². The van der Waals surface area contributed by atoms with Crippen LogP contribution in [0.3, 0.4) is 0 Å². The Morgan fingerprint density at radius 2 is 1.78 bits per heavy atom. The molecule has 0 aliphatic carbocycles. The number of nitrogens with one attached hydrogen (secondary N) is 1. The smallest absolute Gasteiger partial charge is 0.261 e. The Morgan fingerprint density at radius 1 is 1.09 bits per heavy atom. The van der Waals surface area contributed by atoms with Gasteiger partial charge in [-0.1, -0.05) is 35.5 Å². The lowest BCUT2D eigenvalue weighted by molar-refractivity contribution is 0.102. The van der Waals surface area contributed by atoms with E-state index in [1.807, 2.05) is 60.9 Å². The highest BCUT2D eigenvalue weighted by atomic mass is 32.2. The van der Waals surface area contributed by atoms with Gasteiger partial charge in [-0.2, -0.15) is 0 Å². The summed E-state index contributed by atoms with van der Waals surface area (Å²) in [6, 6.07) is 17.2. The number of amides is 1. The molecule has 3 aromatic rings. The molecule has 0 saturated carbocycles. The largest absolute Gasteiger partial charge is 0.360 e. The molecule has 116 valence electrons. The van der Waals surface area contributed by atoms with E-state index < -0.39 is 0 Å². The van der Waals surface area contributed by atoms with Crippen LogP contribution in [-0.4, -0.2) is 17.3 Å². The van der Waals surface area contributed by atoms with Crippen molar-refractivity contribution in [3.63, 3.8) is 0 Å². The van der Waals surface area contributed by atoms with Gasteiger partial charge in [0, 0.05) is 16.1 Å². The van der Waals surface area contributed by atoms with Crippen LogP contribution in [0.15, 0.2) is 64.0 Å². The number of thioether (sulfide) groups is 1. The molecule has 0 unspecified atom stereocenters. The molecule has 0 spiro atoms. The zero-order valence-electron chi connectivity index (χ0n) is 12.9. The molecule has 0 aliphatic heterocycles. The van der Waals surface area contributed by atoms with Gasteiger partial charge in [0.05, 0.1) is 0 Å². The standard InChI is InChI=1S/C18H16N2O2S/c1-12-16(17(20-22-12)13-6-4-3-5-7-13)18(21)19-14-8-10-15(23-2)11-9-14/h3-11H,1-2H3,(H,19,21). The van der Waals surface area contributed by atoms with Crippen molar-refractivity contribution in [2.24, 2.45) is 0 Å². The number of nitrogens with zero attached hydrogens (tertiary/aromatic N) is 1. The lowest BCUT2D eigenvalue weighted by Gasteiger charge is -2.06. The fraction of sp³-hybridized carbons (Fsp3) is 0.111. The van der Waals surface area contributed by atoms with Crippen molar-refractivity contribution in [1.29, 1.82) is 0 Å². The fourth-order valence-electron chi connectivity index (χ4n) is 2.30. The van der Waals surface area contributed by atoms with Crippen LogP contribution in [0.4, 0.5) is 5.69 Å². The minimum absolute atomic E-state index is 0.223. The maximum Gasteiger partial charge on any atom is 0.261 e. The fourth-order valence-corrected chi connectivity index (χ4v) is 2.71. The van der Waals surface area contributed by atoms with E-state index in [0.717, 1.165) is 16.1 Å². The first kappa shape index (κ1) is 15.4. The van der Waals surface area contributed by atoms with Gasteiger partial charge >= 0.3 is 0 Å². The van der Waals surface area contributed by atoms with Crippen LogP contribution in [0, 0.1) is 6.92 Å². The summed E-state index contributed by atoms with van der Waals surface area (Å²) in [5.41, 5.74) is 2.62. The van der Waals surface area contributed by atoms with E-state index in [9.17, 15) is 4.79 Å². The van der Waals surface area contributed by atoms with Crippen LogP contribution in [-0.2, 0) is 0 Å². The Bertz CT molecular complexity index is 811. The average molecular weight is 324 g/mol. The summed E-state index contributed by atoms with van der Waals surface area (Å²) < 4.78 is 5.23. The quantitative estimate of drug-likeness (QED) is 0.711. The molecule has 1 aromatic heterocycles. The molecule has 1 heterocycles. The van der Waals surface area contributed by atoms with Crippen molar-refractivity contribution in [2.45, 2.75) is 11.8 Å². The number of hydrogen-bond donors (Lipinski definition) is 1. The summed E-state index contributed by atoms with van der Waals surface area (Å²) >= 11 is 1.66. The molecular formula is C18H16N2O2S. The van der Waals surface area contributed by atoms with E-state index in [0.29, 0.717) is 17.0 Å². The number of carbonyl (C=O) groups is 1. The molecule has 0 aliphatic rings. The summed E-state index contributed by atoms with van der Waals surface area (Å²) in [6.45, 7) is 1.74. The molecule has 1 amide bonds. The molecule has 4 nitrogen and oxygen atoms in total. The van der Waals surface area contributed by atoms with Crippen LogP contribution in [0.5, 0.6) is 0 Å². The highest BCUT2D eigenvalue weighted by molar-refractivity contribution is 7.98. The van der Waals surface area contributed by atoms with Crippen molar-refractivity contribution in [3.8, 4) is 11.3 Å². The zero-order valence-corrected chi connectivity index (χ0v) is 13.7. The Kier molecular flexibility index (Phi) is 4.48. The third-order valence-electron chi connectivity index (χ3n) is 3.48. The molecule has 1 N–H and O–H groups in total. The summed E-state index contributed by atoms with van der Waals surface area (Å²) in [5.74, 6) is 0.279. The van der Waals surface area contributed by atoms with Gasteiger partial charge in [-0.05, 0) is 37.4 Å². The summed E-state index contributed by atoms with van der Waals surface area (Å²) in [7, 11) is 0. The monoisotopic (exact) mass is 324 g/mol. The Hall–Kier alpha value is -2.53. The van der Waals surface area contributed by atoms with E-state index >= 15 is 0 Å². The van der Waals surface area contributed by atoms with E-state index in [4.69, 9.17) is 4.52 Å². The topological polar surface area (TPSA) is 55.1 Å².